The molecule has 0 unspecified atom stereocenters. The fourth-order valence-corrected chi connectivity index (χ4v) is 8.16. The van der Waals surface area contributed by atoms with Crippen LogP contribution in [0.1, 0.15) is 72.9 Å². The van der Waals surface area contributed by atoms with Gasteiger partial charge in [-0.1, -0.05) is 52.0 Å². The Morgan fingerprint density at radius 1 is 1.04 bits per heavy atom. The summed E-state index contributed by atoms with van der Waals surface area (Å²) in [4.78, 5) is 50.5. The van der Waals surface area contributed by atoms with E-state index in [1.54, 1.807) is 12.2 Å². The number of thiophene rings is 1. The summed E-state index contributed by atoms with van der Waals surface area (Å²) < 4.78 is 16.8. The summed E-state index contributed by atoms with van der Waals surface area (Å²) in [6.07, 6.45) is 2.16. The molecule has 2 fully saturated rings. The molecule has 1 aromatic heterocycles. The zero-order chi connectivity index (χ0) is 32.0. The average Bonchev–Trinajstić information content (AvgIpc) is 3.69. The van der Waals surface area contributed by atoms with Gasteiger partial charge in [-0.15, -0.1) is 11.3 Å². The number of para-hydroxylation sites is 1. The molecule has 0 N–H and O–H groups in total. The van der Waals surface area contributed by atoms with Crippen LogP contribution in [-0.4, -0.2) is 44.7 Å². The Hall–Kier alpha value is -3.89. The summed E-state index contributed by atoms with van der Waals surface area (Å²) in [6, 6.07) is 14.3. The highest BCUT2D eigenvalue weighted by atomic mass is 32.1. The second-order valence-electron chi connectivity index (χ2n) is 12.9. The normalized spacial score (nSPS) is 22.8. The molecule has 238 valence electrons. The van der Waals surface area contributed by atoms with Crippen LogP contribution >= 0.6 is 11.3 Å². The molecule has 2 amide bonds. The van der Waals surface area contributed by atoms with E-state index in [4.69, 9.17) is 19.0 Å². The van der Waals surface area contributed by atoms with Crippen LogP contribution in [0.2, 0.25) is 0 Å². The van der Waals surface area contributed by atoms with Crippen LogP contribution in [-0.2, 0) is 32.0 Å². The van der Waals surface area contributed by atoms with Crippen LogP contribution < -0.4 is 19.4 Å². The molecule has 0 saturated carbocycles. The van der Waals surface area contributed by atoms with Crippen molar-refractivity contribution in [2.75, 3.05) is 30.8 Å². The molecule has 10 heteroatoms. The van der Waals surface area contributed by atoms with Gasteiger partial charge in [0.15, 0.2) is 17.6 Å². The second-order valence-corrected chi connectivity index (χ2v) is 14.0. The molecule has 0 radical (unpaired) electrons. The zero-order valence-corrected chi connectivity index (χ0v) is 27.4. The van der Waals surface area contributed by atoms with Crippen molar-refractivity contribution in [3.63, 3.8) is 0 Å². The summed E-state index contributed by atoms with van der Waals surface area (Å²) in [7, 11) is 2.90. The molecule has 6 rings (SSSR count). The number of methoxy groups -OCH3 is 2. The second kappa shape index (κ2) is 12.1. The number of amides is 2. The number of benzene rings is 2. The van der Waals surface area contributed by atoms with Gasteiger partial charge in [0.05, 0.1) is 38.1 Å². The van der Waals surface area contributed by atoms with Crippen LogP contribution in [0.4, 0.5) is 10.7 Å². The van der Waals surface area contributed by atoms with E-state index in [0.717, 1.165) is 35.3 Å². The molecular weight excluding hydrogens is 592 g/mol. The quantitative estimate of drug-likeness (QED) is 0.204. The monoisotopic (exact) mass is 632 g/mol. The highest BCUT2D eigenvalue weighted by molar-refractivity contribution is 7.17. The number of esters is 1. The molecule has 2 saturated heterocycles. The van der Waals surface area contributed by atoms with Gasteiger partial charge in [-0.2, -0.15) is 0 Å². The first-order valence-corrected chi connectivity index (χ1v) is 16.3. The van der Waals surface area contributed by atoms with Gasteiger partial charge in [-0.25, -0.2) is 14.8 Å². The minimum absolute atomic E-state index is 0.0870. The highest BCUT2D eigenvalue weighted by Gasteiger charge is 2.61. The molecule has 3 aromatic rings. The first-order valence-electron chi connectivity index (χ1n) is 15.5. The van der Waals surface area contributed by atoms with Gasteiger partial charge >= 0.3 is 5.97 Å². The number of rotatable bonds is 8. The van der Waals surface area contributed by atoms with E-state index >= 15 is 0 Å². The number of hydrogen-bond donors (Lipinski definition) is 0. The molecule has 9 nitrogen and oxygen atoms in total. The fourth-order valence-electron chi connectivity index (χ4n) is 6.73. The molecule has 2 aromatic carbocycles. The maximum absolute atomic E-state index is 14.5. The number of ether oxygens (including phenoxy) is 3. The Labute approximate surface area is 268 Å². The Morgan fingerprint density at radius 3 is 2.47 bits per heavy atom. The van der Waals surface area contributed by atoms with Gasteiger partial charge in [-0.3, -0.25) is 14.4 Å². The number of fused-ring (bicyclic) bond motifs is 2. The first kappa shape index (κ1) is 31.1. The SMILES string of the molecule is CCCOc1ccc([C@H]2[C@H]3C(=O)N(c4sc5c(c4C(=O)OC)CC[C@@H](C(C)(C)C)C5)C(=O)[C@H]3ON2c2ccccc2)cc1OC. The topological polar surface area (TPSA) is 94.6 Å². The average molecular weight is 633 g/mol. The summed E-state index contributed by atoms with van der Waals surface area (Å²) in [5.41, 5.74) is 2.74. The summed E-state index contributed by atoms with van der Waals surface area (Å²) in [6.45, 7) is 9.23. The third-order valence-electron chi connectivity index (χ3n) is 9.18. The third-order valence-corrected chi connectivity index (χ3v) is 10.4. The third kappa shape index (κ3) is 5.37. The van der Waals surface area contributed by atoms with Gasteiger partial charge in [0.1, 0.15) is 10.9 Å². The van der Waals surface area contributed by atoms with Gasteiger partial charge in [0, 0.05) is 4.88 Å². The molecule has 4 atom stereocenters. The first-order chi connectivity index (χ1) is 21.6. The Morgan fingerprint density at radius 2 is 1.80 bits per heavy atom. The number of imide groups is 1. The summed E-state index contributed by atoms with van der Waals surface area (Å²) in [5, 5.41) is 1.98. The molecule has 3 aliphatic rings. The maximum Gasteiger partial charge on any atom is 0.341 e. The maximum atomic E-state index is 14.5. The van der Waals surface area contributed by atoms with E-state index in [9.17, 15) is 14.4 Å². The molecule has 45 heavy (non-hydrogen) atoms. The van der Waals surface area contributed by atoms with Gasteiger partial charge in [-0.05, 0) is 72.4 Å². The van der Waals surface area contributed by atoms with Crippen LogP contribution in [0.3, 0.4) is 0 Å². The van der Waals surface area contributed by atoms with Crippen LogP contribution in [0.25, 0.3) is 0 Å². The predicted molar refractivity (Wildman–Crippen MR) is 172 cm³/mol. The predicted octanol–water partition coefficient (Wildman–Crippen LogP) is 6.53. The van der Waals surface area contributed by atoms with E-state index < -0.39 is 35.8 Å². The van der Waals surface area contributed by atoms with Crippen molar-refractivity contribution in [2.45, 2.75) is 65.5 Å². The smallest absolute Gasteiger partial charge is 0.341 e. The van der Waals surface area contributed by atoms with E-state index in [1.165, 1.54) is 23.3 Å². The van der Waals surface area contributed by atoms with Crippen molar-refractivity contribution in [3.8, 4) is 11.5 Å². The van der Waals surface area contributed by atoms with Crippen molar-refractivity contribution in [3.05, 3.63) is 70.1 Å². The lowest BCUT2D eigenvalue weighted by Crippen LogP contribution is -2.37. The molecule has 0 spiro atoms. The molecule has 2 aliphatic heterocycles. The zero-order valence-electron chi connectivity index (χ0n) is 26.6. The number of carbonyl (C=O) groups excluding carboxylic acids is 3. The number of carbonyl (C=O) groups is 3. The lowest BCUT2D eigenvalue weighted by molar-refractivity contribution is -0.126. The van der Waals surface area contributed by atoms with E-state index in [1.807, 2.05) is 55.5 Å². The minimum Gasteiger partial charge on any atom is -0.493 e. The minimum atomic E-state index is -1.07. The standard InChI is InChI=1S/C35H40N2O7S/c1-7-17-43-24-16-13-20(18-25(24)41-5)29-28-30(44-37(29)22-11-9-8-10-12-22)32(39)36(31(28)38)33-27(34(40)42-6)23-15-14-21(35(2,3)4)19-26(23)45-33/h8-13,16,18,21,28-30H,7,14-15,17,19H2,1-6H3/t21-,28-,29+,30+/m1/s1. The Balaban J connectivity index is 1.42. The van der Waals surface area contributed by atoms with Crippen LogP contribution in [0.15, 0.2) is 48.5 Å². The molecule has 3 heterocycles. The summed E-state index contributed by atoms with van der Waals surface area (Å²) in [5.74, 6) is -0.756. The number of hydrogen-bond acceptors (Lipinski definition) is 9. The number of hydroxylamine groups is 1. The fraction of sp³-hybridized carbons (Fsp3) is 0.457. The van der Waals surface area contributed by atoms with Crippen molar-refractivity contribution in [1.29, 1.82) is 0 Å². The molecule has 0 bridgehead atoms. The molecular formula is C35H40N2O7S. The number of nitrogens with zero attached hydrogens (tertiary/aromatic N) is 2. The number of anilines is 2. The van der Waals surface area contributed by atoms with E-state index in [-0.39, 0.29) is 5.41 Å². The van der Waals surface area contributed by atoms with Crippen molar-refractivity contribution in [1.82, 2.24) is 0 Å². The lowest BCUT2D eigenvalue weighted by Gasteiger charge is -2.33. The van der Waals surface area contributed by atoms with Crippen LogP contribution in [0, 0.1) is 17.3 Å². The van der Waals surface area contributed by atoms with E-state index in [0.29, 0.717) is 46.7 Å². The molecule has 1 aliphatic carbocycles. The Bertz CT molecular complexity index is 1610. The van der Waals surface area contributed by atoms with Crippen molar-refractivity contribution < 1.29 is 33.4 Å². The lowest BCUT2D eigenvalue weighted by atomic mass is 9.72. The Kier molecular flexibility index (Phi) is 8.39. The van der Waals surface area contributed by atoms with Gasteiger partial charge in [0.25, 0.3) is 5.91 Å². The largest absolute Gasteiger partial charge is 0.493 e. The highest BCUT2D eigenvalue weighted by Crippen LogP contribution is 2.52. The summed E-state index contributed by atoms with van der Waals surface area (Å²) >= 11 is 1.36. The van der Waals surface area contributed by atoms with Crippen molar-refractivity contribution in [2.24, 2.45) is 17.3 Å². The van der Waals surface area contributed by atoms with Crippen LogP contribution in [0.5, 0.6) is 11.5 Å². The van der Waals surface area contributed by atoms with Gasteiger partial charge < -0.3 is 14.2 Å². The van der Waals surface area contributed by atoms with Crippen molar-refractivity contribution >= 4 is 39.8 Å². The van der Waals surface area contributed by atoms with Gasteiger partial charge in [0.2, 0.25) is 5.91 Å². The van der Waals surface area contributed by atoms with E-state index in [2.05, 4.69) is 20.8 Å².